The molecule has 3 fully saturated rings. The molecule has 0 bridgehead atoms. The number of nitrogens with two attached hydrogens (primary N) is 1. The first kappa shape index (κ1) is 33.0. The number of piperidine rings is 1. The number of carbonyl (C=O) groups is 6. The molecule has 3 heterocycles. The Bertz CT molecular complexity index is 1500. The first-order valence-corrected chi connectivity index (χ1v) is 16.2. The van der Waals surface area contributed by atoms with E-state index in [0.717, 1.165) is 37.5 Å². The van der Waals surface area contributed by atoms with Gasteiger partial charge in [0.05, 0.1) is 13.2 Å². The van der Waals surface area contributed by atoms with Crippen molar-refractivity contribution in [3.8, 4) is 5.75 Å². The monoisotopic (exact) mass is 636 g/mol. The van der Waals surface area contributed by atoms with E-state index in [9.17, 15) is 28.8 Å². The van der Waals surface area contributed by atoms with E-state index < -0.39 is 47.0 Å². The van der Waals surface area contributed by atoms with Crippen LogP contribution in [0.3, 0.4) is 0 Å². The van der Waals surface area contributed by atoms with Crippen LogP contribution in [0.2, 0.25) is 0 Å². The number of aromatic amines is 1. The summed E-state index contributed by atoms with van der Waals surface area (Å²) in [7, 11) is 1.54. The molecule has 1 aromatic carbocycles. The highest BCUT2D eigenvalue weighted by molar-refractivity contribution is 6.38. The largest absolute Gasteiger partial charge is 0.496 e. The van der Waals surface area contributed by atoms with Gasteiger partial charge in [-0.1, -0.05) is 38.2 Å². The number of hydrogen-bond donors (Lipinski definition) is 5. The molecule has 3 unspecified atom stereocenters. The molecule has 46 heavy (non-hydrogen) atoms. The molecular weight excluding hydrogens is 592 g/mol. The quantitative estimate of drug-likeness (QED) is 0.232. The van der Waals surface area contributed by atoms with Crippen molar-refractivity contribution >= 4 is 46.2 Å². The molecule has 1 aromatic heterocycles. The number of Topliss-reactive ketones (excluding diaryl/α,β-unsaturated/α-hetero) is 1. The van der Waals surface area contributed by atoms with E-state index in [1.807, 2.05) is 6.07 Å². The van der Waals surface area contributed by atoms with Gasteiger partial charge in [0.2, 0.25) is 23.5 Å². The number of amides is 5. The second-order valence-electron chi connectivity index (χ2n) is 13.1. The molecule has 2 saturated heterocycles. The topological polar surface area (TPSA) is 193 Å². The minimum atomic E-state index is -1.34. The molecule has 5 rings (SSSR count). The normalized spacial score (nSPS) is 21.0. The lowest BCUT2D eigenvalue weighted by Crippen LogP contribution is -2.54. The molecule has 248 valence electrons. The number of hydrogen-bond acceptors (Lipinski definition) is 7. The summed E-state index contributed by atoms with van der Waals surface area (Å²) >= 11 is 0. The molecule has 3 aliphatic rings. The van der Waals surface area contributed by atoms with Gasteiger partial charge < -0.3 is 36.3 Å². The molecular formula is C33H44N6O7. The predicted octanol–water partition coefficient (Wildman–Crippen LogP) is 1.69. The molecule has 13 nitrogen and oxygen atoms in total. The Morgan fingerprint density at radius 3 is 2.41 bits per heavy atom. The van der Waals surface area contributed by atoms with E-state index in [2.05, 4.69) is 20.9 Å². The van der Waals surface area contributed by atoms with Gasteiger partial charge in [0, 0.05) is 42.4 Å². The number of fused-ring (bicyclic) bond motifs is 1. The summed E-state index contributed by atoms with van der Waals surface area (Å²) in [5, 5.41) is 9.31. The van der Waals surface area contributed by atoms with Gasteiger partial charge in [-0.2, -0.15) is 0 Å². The predicted molar refractivity (Wildman–Crippen MR) is 169 cm³/mol. The third-order valence-electron chi connectivity index (χ3n) is 9.96. The Morgan fingerprint density at radius 2 is 1.76 bits per heavy atom. The van der Waals surface area contributed by atoms with Gasteiger partial charge in [-0.15, -0.1) is 0 Å². The van der Waals surface area contributed by atoms with Crippen LogP contribution in [0.1, 0.15) is 81.6 Å². The third kappa shape index (κ3) is 7.34. The van der Waals surface area contributed by atoms with Crippen LogP contribution in [-0.4, -0.2) is 83.0 Å². The van der Waals surface area contributed by atoms with Gasteiger partial charge in [-0.05, 0) is 56.2 Å². The van der Waals surface area contributed by atoms with E-state index in [1.165, 1.54) is 6.92 Å². The fraction of sp³-hybridized carbons (Fsp3) is 0.576. The molecule has 2 aromatic rings. The second kappa shape index (κ2) is 13.9. The Morgan fingerprint density at radius 1 is 1.04 bits per heavy atom. The van der Waals surface area contributed by atoms with Crippen LogP contribution in [0.25, 0.3) is 10.9 Å². The van der Waals surface area contributed by atoms with Crippen molar-refractivity contribution in [2.45, 2.75) is 88.8 Å². The maximum absolute atomic E-state index is 13.8. The SMILES string of the molecule is COc1cccc2[nH]c(C(=O)NC(CC3CCCCC3)C(=O)NC(CC3CC4(CCN(C(C)=O)CC4)NC3=O)C(=O)C(N)=O)cc12. The molecule has 1 spiro atoms. The second-order valence-corrected chi connectivity index (χ2v) is 13.1. The van der Waals surface area contributed by atoms with Crippen LogP contribution >= 0.6 is 0 Å². The number of rotatable bonds is 11. The van der Waals surface area contributed by atoms with E-state index in [4.69, 9.17) is 10.5 Å². The Kier molecular flexibility index (Phi) is 9.97. The minimum absolute atomic E-state index is 0.0234. The number of ketones is 1. The van der Waals surface area contributed by atoms with E-state index in [0.29, 0.717) is 50.0 Å². The number of nitrogens with one attached hydrogen (secondary N) is 4. The zero-order valence-corrected chi connectivity index (χ0v) is 26.5. The van der Waals surface area contributed by atoms with Crippen molar-refractivity contribution in [2.75, 3.05) is 20.2 Å². The average Bonchev–Trinajstić information content (AvgIpc) is 3.61. The van der Waals surface area contributed by atoms with Crippen molar-refractivity contribution in [3.05, 3.63) is 30.0 Å². The van der Waals surface area contributed by atoms with Crippen LogP contribution < -0.4 is 26.4 Å². The third-order valence-corrected chi connectivity index (χ3v) is 9.96. The molecule has 5 amide bonds. The van der Waals surface area contributed by atoms with Crippen molar-refractivity contribution in [3.63, 3.8) is 0 Å². The summed E-state index contributed by atoms with van der Waals surface area (Å²) in [4.78, 5) is 82.1. The number of aromatic nitrogens is 1. The van der Waals surface area contributed by atoms with Crippen LogP contribution in [0, 0.1) is 11.8 Å². The number of methoxy groups -OCH3 is 1. The highest BCUT2D eigenvalue weighted by atomic mass is 16.5. The summed E-state index contributed by atoms with van der Waals surface area (Å²) in [5.41, 5.74) is 5.81. The zero-order valence-electron chi connectivity index (χ0n) is 26.5. The average molecular weight is 637 g/mol. The number of ether oxygens (including phenoxy) is 1. The summed E-state index contributed by atoms with van der Waals surface area (Å²) in [6, 6.07) is 4.73. The van der Waals surface area contributed by atoms with E-state index >= 15 is 0 Å². The number of likely N-dealkylation sites (tertiary alicyclic amines) is 1. The summed E-state index contributed by atoms with van der Waals surface area (Å²) in [5.74, 6) is -3.48. The summed E-state index contributed by atoms with van der Waals surface area (Å²) in [6.45, 7) is 2.53. The summed E-state index contributed by atoms with van der Waals surface area (Å²) in [6.07, 6.45) is 6.81. The van der Waals surface area contributed by atoms with Crippen LogP contribution in [-0.2, 0) is 24.0 Å². The lowest BCUT2D eigenvalue weighted by Gasteiger charge is -2.39. The number of benzene rings is 1. The zero-order chi connectivity index (χ0) is 33.0. The maximum atomic E-state index is 13.8. The lowest BCUT2D eigenvalue weighted by atomic mass is 9.81. The first-order chi connectivity index (χ1) is 22.0. The van der Waals surface area contributed by atoms with Gasteiger partial charge in [0.15, 0.2) is 0 Å². The molecule has 1 saturated carbocycles. The highest BCUT2D eigenvalue weighted by Crippen LogP contribution is 2.36. The first-order valence-electron chi connectivity index (χ1n) is 16.2. The number of primary amides is 1. The molecule has 6 N–H and O–H groups in total. The van der Waals surface area contributed by atoms with E-state index in [-0.39, 0.29) is 29.8 Å². The molecule has 0 radical (unpaired) electrons. The molecule has 1 aliphatic carbocycles. The van der Waals surface area contributed by atoms with Gasteiger partial charge in [-0.3, -0.25) is 28.8 Å². The van der Waals surface area contributed by atoms with Crippen molar-refractivity contribution in [1.29, 1.82) is 0 Å². The minimum Gasteiger partial charge on any atom is -0.496 e. The Hall–Kier alpha value is -4.42. The summed E-state index contributed by atoms with van der Waals surface area (Å²) < 4.78 is 5.41. The van der Waals surface area contributed by atoms with E-state index in [1.54, 1.807) is 30.2 Å². The number of carbonyl (C=O) groups excluding carboxylic acids is 6. The fourth-order valence-electron chi connectivity index (χ4n) is 7.36. The fourth-order valence-corrected chi connectivity index (χ4v) is 7.36. The highest BCUT2D eigenvalue weighted by Gasteiger charge is 2.47. The molecule has 3 atom stereocenters. The number of nitrogens with zero attached hydrogens (tertiary/aromatic N) is 1. The van der Waals surface area contributed by atoms with Crippen LogP contribution in [0.15, 0.2) is 24.3 Å². The van der Waals surface area contributed by atoms with Crippen molar-refractivity contribution in [2.24, 2.45) is 17.6 Å². The van der Waals surface area contributed by atoms with Crippen LogP contribution in [0.4, 0.5) is 0 Å². The Labute approximate surface area is 267 Å². The smallest absolute Gasteiger partial charge is 0.287 e. The van der Waals surface area contributed by atoms with Crippen LogP contribution in [0.5, 0.6) is 5.75 Å². The standard InChI is InChI=1S/C33H44N6O7/c1-19(40)39-13-11-33(12-14-39)18-21(30(43)38-33)16-24(28(41)29(34)42)36-31(44)25(15-20-7-4-3-5-8-20)37-32(45)26-17-22-23(35-26)9-6-10-27(22)46-2/h6,9-10,17,20-21,24-25,35H,3-5,7-8,11-16,18H2,1-2H3,(H2,34,42)(H,36,44)(H,37,45)(H,38,43). The van der Waals surface area contributed by atoms with Gasteiger partial charge >= 0.3 is 0 Å². The molecule has 2 aliphatic heterocycles. The van der Waals surface area contributed by atoms with Gasteiger partial charge in [-0.25, -0.2) is 0 Å². The van der Waals surface area contributed by atoms with Crippen molar-refractivity contribution < 1.29 is 33.5 Å². The Balaban J connectivity index is 1.32. The van der Waals surface area contributed by atoms with Gasteiger partial charge in [0.1, 0.15) is 17.5 Å². The number of H-pyrrole nitrogens is 1. The molecule has 13 heteroatoms. The van der Waals surface area contributed by atoms with Gasteiger partial charge in [0.25, 0.3) is 11.8 Å². The lowest BCUT2D eigenvalue weighted by molar-refractivity contribution is -0.139. The maximum Gasteiger partial charge on any atom is 0.287 e. The van der Waals surface area contributed by atoms with Crippen molar-refractivity contribution in [1.82, 2.24) is 25.8 Å².